The number of nitrogens with zero attached hydrogens (tertiary/aromatic N) is 1. The average molecular weight is 388 g/mol. The minimum Gasteiger partial charge on any atom is -0.477 e. The van der Waals surface area contributed by atoms with Gasteiger partial charge in [0.2, 0.25) is 0 Å². The minimum atomic E-state index is -1.04. The number of carboxylic acids is 1. The molecule has 98 valence electrons. The van der Waals surface area contributed by atoms with Gasteiger partial charge in [-0.05, 0) is 41.6 Å². The first-order valence-electron chi connectivity index (χ1n) is 5.25. The van der Waals surface area contributed by atoms with Gasteiger partial charge in [-0.1, -0.05) is 23.5 Å². The Labute approximate surface area is 126 Å². The molecule has 0 aliphatic rings. The molecule has 5 nitrogen and oxygen atoms in total. The van der Waals surface area contributed by atoms with Crippen LogP contribution < -0.4 is 5.32 Å². The van der Waals surface area contributed by atoms with Crippen LogP contribution in [0.3, 0.4) is 0 Å². The Bertz CT molecular complexity index is 654. The monoisotopic (exact) mass is 388 g/mol. The number of nitrogens with one attached hydrogen (secondary N) is 1. The van der Waals surface area contributed by atoms with Gasteiger partial charge in [0.1, 0.15) is 4.88 Å². The lowest BCUT2D eigenvalue weighted by Gasteiger charge is -2.03. The van der Waals surface area contributed by atoms with E-state index in [1.807, 2.05) is 12.1 Å². The van der Waals surface area contributed by atoms with E-state index in [0.29, 0.717) is 16.4 Å². The third-order valence-electron chi connectivity index (χ3n) is 2.33. The fraction of sp³-hybridized carbons (Fsp3) is 0.0833. The predicted molar refractivity (Wildman–Crippen MR) is 80.9 cm³/mol. The number of carboxylic acid groups (broad SMARTS) is 1. The molecule has 0 spiro atoms. The number of amides is 1. The van der Waals surface area contributed by atoms with Gasteiger partial charge in [0.15, 0.2) is 5.13 Å². The molecule has 1 amide bonds. The normalized spacial score (nSPS) is 10.2. The number of aromatic carboxylic acids is 1. The molecule has 0 bridgehead atoms. The van der Waals surface area contributed by atoms with Gasteiger partial charge in [-0.3, -0.25) is 10.1 Å². The van der Waals surface area contributed by atoms with E-state index < -0.39 is 5.97 Å². The molecule has 7 heteroatoms. The van der Waals surface area contributed by atoms with E-state index in [4.69, 9.17) is 5.11 Å². The molecule has 1 aromatic carbocycles. The lowest BCUT2D eigenvalue weighted by Crippen LogP contribution is -2.13. The van der Waals surface area contributed by atoms with E-state index in [1.165, 1.54) is 0 Å². The molecule has 19 heavy (non-hydrogen) atoms. The summed E-state index contributed by atoms with van der Waals surface area (Å²) in [4.78, 5) is 27.1. The van der Waals surface area contributed by atoms with Crippen molar-refractivity contribution in [2.45, 2.75) is 6.92 Å². The van der Waals surface area contributed by atoms with Crippen molar-refractivity contribution in [2.75, 3.05) is 5.32 Å². The summed E-state index contributed by atoms with van der Waals surface area (Å²) in [6, 6.07) is 7.14. The van der Waals surface area contributed by atoms with E-state index >= 15 is 0 Å². The number of thiazole rings is 1. The Hall–Kier alpha value is -1.48. The zero-order chi connectivity index (χ0) is 14.0. The number of hydrogen-bond acceptors (Lipinski definition) is 4. The number of carbonyl (C=O) groups is 2. The molecular formula is C12H9IN2O3S. The number of carbonyl (C=O) groups excluding carboxylic acids is 1. The van der Waals surface area contributed by atoms with Crippen LogP contribution in [0.15, 0.2) is 24.3 Å². The number of benzene rings is 1. The molecular weight excluding hydrogens is 379 g/mol. The van der Waals surface area contributed by atoms with Crippen molar-refractivity contribution in [1.29, 1.82) is 0 Å². The molecule has 2 N–H and O–H groups in total. The van der Waals surface area contributed by atoms with Crippen molar-refractivity contribution >= 4 is 50.9 Å². The Balaban J connectivity index is 2.22. The van der Waals surface area contributed by atoms with Crippen LogP contribution in [0.2, 0.25) is 0 Å². The van der Waals surface area contributed by atoms with Crippen molar-refractivity contribution in [3.8, 4) is 0 Å². The van der Waals surface area contributed by atoms with Gasteiger partial charge < -0.3 is 5.11 Å². The smallest absolute Gasteiger partial charge is 0.347 e. The Morgan fingerprint density at radius 2 is 2.05 bits per heavy atom. The van der Waals surface area contributed by atoms with Crippen LogP contribution in [0.1, 0.15) is 25.7 Å². The van der Waals surface area contributed by atoms with Crippen molar-refractivity contribution in [2.24, 2.45) is 0 Å². The third-order valence-corrected chi connectivity index (χ3v) is 4.33. The highest BCUT2D eigenvalue weighted by Gasteiger charge is 2.16. The average Bonchev–Trinajstić information content (AvgIpc) is 2.70. The Morgan fingerprint density at radius 3 is 2.63 bits per heavy atom. The quantitative estimate of drug-likeness (QED) is 0.793. The summed E-state index contributed by atoms with van der Waals surface area (Å²) in [5, 5.41) is 11.8. The highest BCUT2D eigenvalue weighted by molar-refractivity contribution is 14.1. The van der Waals surface area contributed by atoms with Crippen molar-refractivity contribution in [1.82, 2.24) is 4.98 Å². The maximum atomic E-state index is 12.0. The van der Waals surface area contributed by atoms with Crippen LogP contribution in [0, 0.1) is 10.5 Å². The predicted octanol–water partition coefficient (Wildman–Crippen LogP) is 3.01. The first-order valence-corrected chi connectivity index (χ1v) is 7.15. The van der Waals surface area contributed by atoms with Gasteiger partial charge in [0.05, 0.1) is 11.3 Å². The molecule has 0 saturated heterocycles. The van der Waals surface area contributed by atoms with E-state index in [9.17, 15) is 9.59 Å². The van der Waals surface area contributed by atoms with Crippen molar-refractivity contribution < 1.29 is 14.7 Å². The summed E-state index contributed by atoms with van der Waals surface area (Å²) in [5.74, 6) is -1.33. The van der Waals surface area contributed by atoms with E-state index in [1.54, 1.807) is 19.1 Å². The fourth-order valence-corrected chi connectivity index (χ4v) is 2.89. The first kappa shape index (κ1) is 13.9. The highest BCUT2D eigenvalue weighted by atomic mass is 127. The number of hydrogen-bond donors (Lipinski definition) is 2. The fourth-order valence-electron chi connectivity index (χ4n) is 1.46. The van der Waals surface area contributed by atoms with Gasteiger partial charge in [-0.25, -0.2) is 9.78 Å². The number of rotatable bonds is 3. The van der Waals surface area contributed by atoms with Gasteiger partial charge in [-0.2, -0.15) is 0 Å². The number of aromatic nitrogens is 1. The summed E-state index contributed by atoms with van der Waals surface area (Å²) in [5.41, 5.74) is 0.934. The Kier molecular flexibility index (Phi) is 4.15. The summed E-state index contributed by atoms with van der Waals surface area (Å²) < 4.78 is 0.823. The first-order chi connectivity index (χ1) is 8.99. The van der Waals surface area contributed by atoms with Gasteiger partial charge in [0.25, 0.3) is 5.91 Å². The summed E-state index contributed by atoms with van der Waals surface area (Å²) in [7, 11) is 0. The molecule has 2 aromatic rings. The lowest BCUT2D eigenvalue weighted by atomic mass is 10.2. The molecule has 0 radical (unpaired) electrons. The topological polar surface area (TPSA) is 79.3 Å². The van der Waals surface area contributed by atoms with Crippen molar-refractivity contribution in [3.63, 3.8) is 0 Å². The van der Waals surface area contributed by atoms with Gasteiger partial charge in [-0.15, -0.1) is 0 Å². The van der Waals surface area contributed by atoms with Crippen LogP contribution in [-0.4, -0.2) is 22.0 Å². The maximum Gasteiger partial charge on any atom is 0.347 e. The maximum absolute atomic E-state index is 12.0. The summed E-state index contributed by atoms with van der Waals surface area (Å²) in [6.07, 6.45) is 0. The van der Waals surface area contributed by atoms with Gasteiger partial charge >= 0.3 is 5.97 Å². The number of halogens is 1. The zero-order valence-electron chi connectivity index (χ0n) is 9.81. The van der Waals surface area contributed by atoms with Crippen molar-refractivity contribution in [3.05, 3.63) is 44.0 Å². The molecule has 0 atom stereocenters. The third kappa shape index (κ3) is 3.10. The van der Waals surface area contributed by atoms with Gasteiger partial charge in [0, 0.05) is 3.57 Å². The van der Waals surface area contributed by atoms with Crippen LogP contribution in [-0.2, 0) is 0 Å². The molecule has 1 aromatic heterocycles. The van der Waals surface area contributed by atoms with E-state index in [0.717, 1.165) is 14.9 Å². The van der Waals surface area contributed by atoms with Crippen LogP contribution in [0.5, 0.6) is 0 Å². The molecule has 0 saturated carbocycles. The summed E-state index contributed by atoms with van der Waals surface area (Å²) in [6.45, 7) is 1.60. The SMILES string of the molecule is Cc1nc(NC(=O)c2ccccc2I)sc1C(=O)O. The molecule has 0 unspecified atom stereocenters. The molecule has 2 rings (SSSR count). The number of aryl methyl sites for hydroxylation is 1. The van der Waals surface area contributed by atoms with Crippen LogP contribution in [0.25, 0.3) is 0 Å². The number of anilines is 1. The Morgan fingerprint density at radius 1 is 1.37 bits per heavy atom. The largest absolute Gasteiger partial charge is 0.477 e. The van der Waals surface area contributed by atoms with E-state index in [-0.39, 0.29) is 10.8 Å². The second kappa shape index (κ2) is 5.66. The second-order valence-corrected chi connectivity index (χ2v) is 5.83. The minimum absolute atomic E-state index is 0.137. The zero-order valence-corrected chi connectivity index (χ0v) is 12.8. The summed E-state index contributed by atoms with van der Waals surface area (Å²) >= 11 is 3.02. The standard InChI is InChI=1S/C12H9IN2O3S/c1-6-9(11(17)18)19-12(14-6)15-10(16)7-4-2-3-5-8(7)13/h2-5H,1H3,(H,17,18)(H,14,15,16). The molecule has 0 fully saturated rings. The van der Waals surface area contributed by atoms with E-state index in [2.05, 4.69) is 32.9 Å². The second-order valence-electron chi connectivity index (χ2n) is 3.67. The molecule has 1 heterocycles. The molecule has 0 aliphatic carbocycles. The highest BCUT2D eigenvalue weighted by Crippen LogP contribution is 2.23. The van der Waals surface area contributed by atoms with Crippen LogP contribution in [0.4, 0.5) is 5.13 Å². The van der Waals surface area contributed by atoms with Crippen LogP contribution >= 0.6 is 33.9 Å². The molecule has 0 aliphatic heterocycles. The lowest BCUT2D eigenvalue weighted by molar-refractivity contribution is 0.0701.